The van der Waals surface area contributed by atoms with Crippen LogP contribution in [0.5, 0.6) is 0 Å². The van der Waals surface area contributed by atoms with Crippen molar-refractivity contribution in [2.45, 2.75) is 35.5 Å². The first-order chi connectivity index (χ1) is 12.4. The molecule has 2 aliphatic heterocycles. The molecular formula is C20H18O4S2. The molecule has 0 bridgehead atoms. The Balaban J connectivity index is 1.41. The molecular weight excluding hydrogens is 368 g/mol. The Morgan fingerprint density at radius 2 is 0.962 bits per heavy atom. The van der Waals surface area contributed by atoms with Gasteiger partial charge in [0, 0.05) is 9.81 Å². The van der Waals surface area contributed by atoms with E-state index in [1.807, 2.05) is 12.1 Å². The van der Waals surface area contributed by atoms with Crippen molar-refractivity contribution in [1.29, 1.82) is 0 Å². The third-order valence-electron chi connectivity index (χ3n) is 4.84. The van der Waals surface area contributed by atoms with Gasteiger partial charge in [-0.25, -0.2) is 16.8 Å². The Morgan fingerprint density at radius 1 is 0.577 bits per heavy atom. The summed E-state index contributed by atoms with van der Waals surface area (Å²) >= 11 is 0. The molecule has 0 atom stereocenters. The first-order valence-corrected chi connectivity index (χ1v) is 11.5. The number of hydrogen-bond donors (Lipinski definition) is 0. The Hall–Kier alpha value is -2.18. The van der Waals surface area contributed by atoms with E-state index < -0.39 is 19.7 Å². The van der Waals surface area contributed by atoms with Gasteiger partial charge in [0.25, 0.3) is 0 Å². The van der Waals surface area contributed by atoms with Gasteiger partial charge in [0.05, 0.1) is 9.79 Å². The van der Waals surface area contributed by atoms with Crippen molar-refractivity contribution in [2.75, 3.05) is 0 Å². The summed E-state index contributed by atoms with van der Waals surface area (Å²) in [5.74, 6) is 0. The highest BCUT2D eigenvalue weighted by atomic mass is 32.2. The fraction of sp³-hybridized carbons (Fsp3) is 0.200. The lowest BCUT2D eigenvalue weighted by atomic mass is 10.1. The Bertz CT molecular complexity index is 1060. The molecule has 4 rings (SSSR count). The lowest BCUT2D eigenvalue weighted by Crippen LogP contribution is -2.02. The van der Waals surface area contributed by atoms with Crippen LogP contribution < -0.4 is 0 Å². The second-order valence-electron chi connectivity index (χ2n) is 6.51. The lowest BCUT2D eigenvalue weighted by Gasteiger charge is -2.05. The zero-order chi connectivity index (χ0) is 18.4. The van der Waals surface area contributed by atoms with Crippen molar-refractivity contribution < 1.29 is 16.8 Å². The van der Waals surface area contributed by atoms with Crippen LogP contribution >= 0.6 is 0 Å². The summed E-state index contributed by atoms with van der Waals surface area (Å²) < 4.78 is 50.0. The Labute approximate surface area is 153 Å². The summed E-state index contributed by atoms with van der Waals surface area (Å²) in [6, 6.07) is 13.9. The Kier molecular flexibility index (Phi) is 4.12. The van der Waals surface area contributed by atoms with Crippen LogP contribution in [0.3, 0.4) is 0 Å². The molecule has 0 spiro atoms. The number of fused-ring (bicyclic) bond motifs is 2. The van der Waals surface area contributed by atoms with Crippen molar-refractivity contribution in [3.8, 4) is 0 Å². The van der Waals surface area contributed by atoms with E-state index >= 15 is 0 Å². The van der Waals surface area contributed by atoms with Crippen molar-refractivity contribution in [3.63, 3.8) is 0 Å². The monoisotopic (exact) mass is 386 g/mol. The van der Waals surface area contributed by atoms with E-state index in [1.54, 1.807) is 48.6 Å². The minimum absolute atomic E-state index is 0.367. The Morgan fingerprint density at radius 3 is 1.35 bits per heavy atom. The highest BCUT2D eigenvalue weighted by Crippen LogP contribution is 2.37. The van der Waals surface area contributed by atoms with E-state index in [1.165, 1.54) is 0 Å². The quantitative estimate of drug-likeness (QED) is 0.722. The van der Waals surface area contributed by atoms with E-state index in [0.29, 0.717) is 45.3 Å². The molecule has 0 aliphatic carbocycles. The molecule has 4 nitrogen and oxygen atoms in total. The van der Waals surface area contributed by atoms with Crippen LogP contribution in [0.2, 0.25) is 0 Å². The first kappa shape index (κ1) is 17.2. The van der Waals surface area contributed by atoms with E-state index in [2.05, 4.69) is 0 Å². The van der Waals surface area contributed by atoms with Gasteiger partial charge in [0.15, 0.2) is 0 Å². The lowest BCUT2D eigenvalue weighted by molar-refractivity contribution is 0.596. The second kappa shape index (κ2) is 6.21. The molecule has 6 heteroatoms. The van der Waals surface area contributed by atoms with Crippen LogP contribution in [0.1, 0.15) is 36.8 Å². The average Bonchev–Trinajstić information content (AvgIpc) is 3.03. The fourth-order valence-electron chi connectivity index (χ4n) is 3.49. The van der Waals surface area contributed by atoms with Gasteiger partial charge in [-0.2, -0.15) is 0 Å². The van der Waals surface area contributed by atoms with Crippen LogP contribution in [0, 0.1) is 0 Å². The normalized spacial score (nSPS) is 18.8. The standard InChI is InChI=1S/C20H18O4S2/c21-25(22)17(13-15-7-1-5-11-19(15)25)9-3-4-10-18-14-16-8-2-6-12-20(16)26(18,23)24/h1-2,5-8,11-14H,3-4,9-10H2. The van der Waals surface area contributed by atoms with Crippen LogP contribution in [0.4, 0.5) is 0 Å². The summed E-state index contributed by atoms with van der Waals surface area (Å²) in [4.78, 5) is 1.58. The maximum atomic E-state index is 12.5. The zero-order valence-corrected chi connectivity index (χ0v) is 15.7. The summed E-state index contributed by atoms with van der Waals surface area (Å²) in [7, 11) is -6.77. The van der Waals surface area contributed by atoms with E-state index in [-0.39, 0.29) is 0 Å². The van der Waals surface area contributed by atoms with Gasteiger partial charge in [0.1, 0.15) is 0 Å². The number of rotatable bonds is 5. The maximum Gasteiger partial charge on any atom is 0.203 e. The number of unbranched alkanes of at least 4 members (excludes halogenated alkanes) is 1. The zero-order valence-electron chi connectivity index (χ0n) is 14.1. The van der Waals surface area contributed by atoms with E-state index in [9.17, 15) is 16.8 Å². The number of allylic oxidation sites excluding steroid dienone is 2. The average molecular weight is 386 g/mol. The van der Waals surface area contributed by atoms with E-state index in [0.717, 1.165) is 11.1 Å². The van der Waals surface area contributed by atoms with Gasteiger partial charge in [-0.15, -0.1) is 0 Å². The minimum atomic E-state index is -3.38. The van der Waals surface area contributed by atoms with Crippen LogP contribution in [0.15, 0.2) is 68.1 Å². The van der Waals surface area contributed by atoms with Crippen LogP contribution in [-0.4, -0.2) is 16.8 Å². The molecule has 0 saturated heterocycles. The van der Waals surface area contributed by atoms with Gasteiger partial charge >= 0.3 is 0 Å². The van der Waals surface area contributed by atoms with Crippen molar-refractivity contribution >= 4 is 31.8 Å². The van der Waals surface area contributed by atoms with Gasteiger partial charge in [-0.05, 0) is 61.1 Å². The third-order valence-corrected chi connectivity index (χ3v) is 8.76. The van der Waals surface area contributed by atoms with E-state index in [4.69, 9.17) is 0 Å². The smallest absolute Gasteiger partial charge is 0.203 e. The molecule has 0 radical (unpaired) electrons. The SMILES string of the molecule is O=S1(=O)C(CCCCC2=Cc3ccccc3S2(=O)=O)=Cc2ccccc21. The maximum absolute atomic E-state index is 12.5. The molecule has 2 aromatic carbocycles. The van der Waals surface area contributed by atoms with Gasteiger partial charge in [0.2, 0.25) is 19.7 Å². The van der Waals surface area contributed by atoms with Gasteiger partial charge < -0.3 is 0 Å². The number of sulfone groups is 2. The highest BCUT2D eigenvalue weighted by molar-refractivity contribution is 7.96. The predicted octanol–water partition coefficient (Wildman–Crippen LogP) is 4.20. The largest absolute Gasteiger partial charge is 0.219 e. The molecule has 0 aromatic heterocycles. The molecule has 2 aromatic rings. The van der Waals surface area contributed by atoms with Crippen molar-refractivity contribution in [2.24, 2.45) is 0 Å². The number of benzene rings is 2. The number of hydrogen-bond acceptors (Lipinski definition) is 4. The van der Waals surface area contributed by atoms with Crippen molar-refractivity contribution in [3.05, 3.63) is 69.5 Å². The molecule has 0 amide bonds. The molecule has 0 unspecified atom stereocenters. The topological polar surface area (TPSA) is 68.3 Å². The predicted molar refractivity (Wildman–Crippen MR) is 102 cm³/mol. The summed E-state index contributed by atoms with van der Waals surface area (Å²) in [6.45, 7) is 0. The molecule has 26 heavy (non-hydrogen) atoms. The summed E-state index contributed by atoms with van der Waals surface area (Å²) in [6.07, 6.45) is 5.57. The van der Waals surface area contributed by atoms with Gasteiger partial charge in [-0.1, -0.05) is 36.4 Å². The highest BCUT2D eigenvalue weighted by Gasteiger charge is 2.30. The van der Waals surface area contributed by atoms with Crippen LogP contribution in [0.25, 0.3) is 12.2 Å². The molecule has 0 N–H and O–H groups in total. The molecule has 2 aliphatic rings. The minimum Gasteiger partial charge on any atom is -0.219 e. The van der Waals surface area contributed by atoms with Crippen molar-refractivity contribution in [1.82, 2.24) is 0 Å². The molecule has 0 fully saturated rings. The first-order valence-electron chi connectivity index (χ1n) is 8.50. The molecule has 134 valence electrons. The summed E-state index contributed by atoms with van der Waals surface area (Å²) in [5.41, 5.74) is 1.47. The molecule has 0 saturated carbocycles. The third kappa shape index (κ3) is 2.73. The van der Waals surface area contributed by atoms with Crippen LogP contribution in [-0.2, 0) is 19.7 Å². The van der Waals surface area contributed by atoms with Gasteiger partial charge in [-0.3, -0.25) is 0 Å². The summed E-state index contributed by atoms with van der Waals surface area (Å²) in [5, 5.41) is 0. The second-order valence-corrected chi connectivity index (χ2v) is 10.5. The molecule has 2 heterocycles. The fourth-order valence-corrected chi connectivity index (χ4v) is 6.83.